The zero-order valence-corrected chi connectivity index (χ0v) is 28.1. The monoisotopic (exact) mass is 671 g/mol. The minimum atomic E-state index is 0.173. The van der Waals surface area contributed by atoms with Gasteiger partial charge in [-0.25, -0.2) is 4.98 Å². The molecule has 6 saturated heterocycles. The summed E-state index contributed by atoms with van der Waals surface area (Å²) in [5.41, 5.74) is 0.873. The average molecular weight is 672 g/mol. The number of hydrogen-bond donors (Lipinski definition) is 3. The topological polar surface area (TPSA) is 172 Å². The Morgan fingerprint density at radius 3 is 2.12 bits per heavy atom. The predicted molar refractivity (Wildman–Crippen MR) is 182 cm³/mol. The average Bonchev–Trinajstić information content (AvgIpc) is 4.00. The third-order valence-corrected chi connectivity index (χ3v) is 11.5. The van der Waals surface area contributed by atoms with Crippen LogP contribution < -0.4 is 30.2 Å². The second kappa shape index (κ2) is 13.7. The summed E-state index contributed by atoms with van der Waals surface area (Å²) in [5.74, 6) is 1.89. The Balaban J connectivity index is 0.000000109. The number of quaternary nitrogens is 1. The van der Waals surface area contributed by atoms with Crippen LogP contribution in [0.5, 0.6) is 0 Å². The molecule has 16 nitrogen and oxygen atoms in total. The molecule has 4 unspecified atom stereocenters. The van der Waals surface area contributed by atoms with Gasteiger partial charge in [0, 0.05) is 62.1 Å². The molecule has 6 aliphatic heterocycles. The van der Waals surface area contributed by atoms with E-state index in [1.165, 1.54) is 70.6 Å². The molecular formula is C33H47N14O2+. The van der Waals surface area contributed by atoms with Crippen LogP contribution in [0.15, 0.2) is 58.6 Å². The fraction of sp³-hybridized carbons (Fsp3) is 0.636. The van der Waals surface area contributed by atoms with Crippen LogP contribution in [0.3, 0.4) is 0 Å². The lowest BCUT2D eigenvalue weighted by Crippen LogP contribution is -2.50. The third-order valence-electron chi connectivity index (χ3n) is 11.5. The van der Waals surface area contributed by atoms with E-state index < -0.39 is 0 Å². The van der Waals surface area contributed by atoms with Gasteiger partial charge >= 0.3 is 12.0 Å². The van der Waals surface area contributed by atoms with Crippen LogP contribution >= 0.6 is 0 Å². The first-order valence-corrected chi connectivity index (χ1v) is 17.8. The Hall–Kier alpha value is -4.12. The molecule has 3 spiro atoms. The summed E-state index contributed by atoms with van der Waals surface area (Å²) in [4.78, 5) is 17.3. The van der Waals surface area contributed by atoms with Gasteiger partial charge in [0.25, 0.3) is 5.82 Å². The van der Waals surface area contributed by atoms with E-state index in [0.717, 1.165) is 70.4 Å². The second-order valence-electron chi connectivity index (χ2n) is 14.5. The molecule has 16 heteroatoms. The molecular weight excluding hydrogens is 624 g/mol. The number of hydrogen-bond acceptors (Lipinski definition) is 15. The van der Waals surface area contributed by atoms with E-state index in [9.17, 15) is 0 Å². The first-order chi connectivity index (χ1) is 24.1. The zero-order valence-electron chi connectivity index (χ0n) is 28.1. The minimum Gasteiger partial charge on any atom is -0.411 e. The molecule has 260 valence electrons. The van der Waals surface area contributed by atoms with Crippen LogP contribution in [0, 0.1) is 0 Å². The molecule has 0 saturated carbocycles. The summed E-state index contributed by atoms with van der Waals surface area (Å²) < 4.78 is 11.1. The fourth-order valence-electron chi connectivity index (χ4n) is 8.93. The van der Waals surface area contributed by atoms with Gasteiger partial charge in [0.2, 0.25) is 6.39 Å². The number of nitrogens with zero attached hydrogens (tertiary/aromatic N) is 11. The van der Waals surface area contributed by atoms with Crippen molar-refractivity contribution in [1.29, 1.82) is 0 Å². The van der Waals surface area contributed by atoms with Gasteiger partial charge < -0.3 is 30.2 Å². The van der Waals surface area contributed by atoms with E-state index in [1.807, 2.05) is 18.3 Å². The van der Waals surface area contributed by atoms with E-state index in [1.54, 1.807) is 18.6 Å². The van der Waals surface area contributed by atoms with Crippen LogP contribution in [0.1, 0.15) is 57.8 Å². The van der Waals surface area contributed by atoms with Crippen molar-refractivity contribution >= 4 is 23.7 Å². The van der Waals surface area contributed by atoms with Crippen molar-refractivity contribution in [2.75, 3.05) is 68.7 Å². The summed E-state index contributed by atoms with van der Waals surface area (Å²) in [7, 11) is 0. The van der Waals surface area contributed by atoms with Gasteiger partial charge in [0.15, 0.2) is 6.33 Å². The van der Waals surface area contributed by atoms with Crippen LogP contribution in [-0.4, -0.2) is 116 Å². The van der Waals surface area contributed by atoms with Gasteiger partial charge in [0.05, 0.1) is 24.5 Å². The normalized spacial score (nSPS) is 31.8. The molecule has 0 bridgehead atoms. The van der Waals surface area contributed by atoms with E-state index in [-0.39, 0.29) is 5.54 Å². The van der Waals surface area contributed by atoms with Crippen LogP contribution in [-0.2, 0) is 0 Å². The Labute approximate surface area is 286 Å². The number of anilines is 2. The Morgan fingerprint density at radius 1 is 0.755 bits per heavy atom. The number of rotatable bonds is 4. The smallest absolute Gasteiger partial charge is 0.411 e. The summed E-state index contributed by atoms with van der Waals surface area (Å²) in [5, 5.41) is 30.7. The molecule has 0 aromatic carbocycles. The first-order valence-electron chi connectivity index (χ1n) is 17.8. The highest BCUT2D eigenvalue weighted by Crippen LogP contribution is 2.43. The molecule has 3 N–H and O–H groups in total. The molecule has 10 heterocycles. The minimum absolute atomic E-state index is 0.173. The molecule has 0 radical (unpaired) electrons. The molecule has 10 rings (SSSR count). The predicted octanol–water partition coefficient (Wildman–Crippen LogP) is 2.24. The summed E-state index contributed by atoms with van der Waals surface area (Å²) >= 11 is 0. The largest absolute Gasteiger partial charge is 0.433 e. The highest BCUT2D eigenvalue weighted by Gasteiger charge is 2.55. The maximum atomic E-state index is 5.39. The quantitative estimate of drug-likeness (QED) is 0.270. The van der Waals surface area contributed by atoms with Crippen LogP contribution in [0.4, 0.5) is 23.7 Å². The lowest BCUT2D eigenvalue weighted by molar-refractivity contribution is 0.287. The Bertz CT molecular complexity index is 1590. The van der Waals surface area contributed by atoms with Gasteiger partial charge in [-0.1, -0.05) is 15.4 Å². The van der Waals surface area contributed by atoms with Gasteiger partial charge in [-0.2, -0.15) is 9.58 Å². The molecule has 6 aliphatic rings. The lowest BCUT2D eigenvalue weighted by Gasteiger charge is -2.29. The van der Waals surface area contributed by atoms with Crippen LogP contribution in [0.2, 0.25) is 0 Å². The second-order valence-corrected chi connectivity index (χ2v) is 14.5. The highest BCUT2D eigenvalue weighted by atomic mass is 16.5. The first kappa shape index (κ1) is 32.1. The van der Waals surface area contributed by atoms with E-state index >= 15 is 0 Å². The molecule has 6 fully saturated rings. The summed E-state index contributed by atoms with van der Waals surface area (Å²) in [6.07, 6.45) is 21.0. The van der Waals surface area contributed by atoms with Gasteiger partial charge in [0.1, 0.15) is 12.4 Å². The van der Waals surface area contributed by atoms with E-state index in [0.29, 0.717) is 27.6 Å². The SMILES string of the molecule is c1cnc(N2CCC3(CCCN3)C2)cn1.c1cnnc([N+]2(c3ncno3)CCC3(CCCN3)C2)c1.c1nnc(N2CCC3(CCCN3)C2)o1. The fourth-order valence-corrected chi connectivity index (χ4v) is 8.93. The highest BCUT2D eigenvalue weighted by molar-refractivity contribution is 5.47. The van der Waals surface area contributed by atoms with Crippen molar-refractivity contribution in [2.24, 2.45) is 0 Å². The Kier molecular flexibility index (Phi) is 8.94. The van der Waals surface area contributed by atoms with Crippen molar-refractivity contribution in [3.63, 3.8) is 0 Å². The standard InChI is InChI=1S/C13H17N6O.C11H16N4.C9H14N4O/c1-3-11(18-16-7-1)19(12-14-10-17-20-12)8-5-13(9-19)4-2-6-15-13;1-2-11(14-4-1)3-7-15(9-11)10-8-12-5-6-13-10;1-2-9(10-4-1)3-5-13(6-9)8-12-11-7-14-8/h1,3,7,10,15H,2,4-6,8-9H2;5-6,8,14H,1-4,7,9H2;7,10H,1-6H2/q+1;;. The summed E-state index contributed by atoms with van der Waals surface area (Å²) in [6, 6.07) is 5.17. The van der Waals surface area contributed by atoms with Crippen molar-refractivity contribution in [3.8, 4) is 0 Å². The summed E-state index contributed by atoms with van der Waals surface area (Å²) in [6.45, 7) is 9.44. The van der Waals surface area contributed by atoms with Crippen molar-refractivity contribution in [2.45, 2.75) is 74.4 Å². The molecule has 49 heavy (non-hydrogen) atoms. The lowest BCUT2D eigenvalue weighted by atomic mass is 9.97. The van der Waals surface area contributed by atoms with Crippen molar-refractivity contribution in [3.05, 3.63) is 49.6 Å². The molecule has 0 amide bonds. The third kappa shape index (κ3) is 6.61. The van der Waals surface area contributed by atoms with Crippen LogP contribution in [0.25, 0.3) is 0 Å². The van der Waals surface area contributed by atoms with E-state index in [4.69, 9.17) is 8.94 Å². The Morgan fingerprint density at radius 2 is 1.51 bits per heavy atom. The van der Waals surface area contributed by atoms with Gasteiger partial charge in [-0.15, -0.1) is 10.1 Å². The number of aromatic nitrogens is 8. The molecule has 4 aromatic heterocycles. The maximum absolute atomic E-state index is 5.39. The zero-order chi connectivity index (χ0) is 33.0. The maximum Gasteiger partial charge on any atom is 0.433 e. The van der Waals surface area contributed by atoms with E-state index in [2.05, 4.69) is 66.3 Å². The number of nitrogens with one attached hydrogen (secondary N) is 3. The van der Waals surface area contributed by atoms with Crippen molar-refractivity contribution < 1.29 is 8.94 Å². The molecule has 4 atom stereocenters. The molecule has 0 aliphatic carbocycles. The molecule has 4 aromatic rings. The van der Waals surface area contributed by atoms with Gasteiger partial charge in [-0.3, -0.25) is 9.51 Å². The van der Waals surface area contributed by atoms with Crippen molar-refractivity contribution in [1.82, 2.24) is 60.9 Å². The van der Waals surface area contributed by atoms with Gasteiger partial charge in [-0.05, 0) is 77.1 Å².